The van der Waals surface area contributed by atoms with Crippen LogP contribution in [-0.4, -0.2) is 38.8 Å². The lowest BCUT2D eigenvalue weighted by Crippen LogP contribution is -2.08. The molecule has 0 aliphatic heterocycles. The molecule has 8 heteroatoms. The second-order valence-electron chi connectivity index (χ2n) is 3.48. The van der Waals surface area contributed by atoms with Gasteiger partial charge in [0.15, 0.2) is 15.7 Å². The molecule has 0 atom stereocenters. The second-order valence-corrected chi connectivity index (χ2v) is 6.20. The van der Waals surface area contributed by atoms with Crippen LogP contribution >= 0.6 is 11.5 Å². The highest BCUT2D eigenvalue weighted by Gasteiger charge is 2.20. The molecule has 0 spiro atoms. The van der Waals surface area contributed by atoms with Gasteiger partial charge in [0.05, 0.1) is 0 Å². The standard InChI is InChI=1S/C9H17N3O3S2/c1-3-15-6-4-5-11-9-7(17(2,13)14)8(10)12-16-9/h11H,3-6H2,1-2H3,(H2,10,12). The zero-order valence-electron chi connectivity index (χ0n) is 9.89. The van der Waals surface area contributed by atoms with Crippen molar-refractivity contribution < 1.29 is 13.2 Å². The minimum absolute atomic E-state index is 0.0600. The van der Waals surface area contributed by atoms with E-state index in [2.05, 4.69) is 9.69 Å². The molecule has 0 bridgehead atoms. The van der Waals surface area contributed by atoms with Gasteiger partial charge in [0.25, 0.3) is 0 Å². The predicted molar refractivity (Wildman–Crippen MR) is 69.2 cm³/mol. The molecule has 3 N–H and O–H groups in total. The van der Waals surface area contributed by atoms with Gasteiger partial charge in [-0.3, -0.25) is 0 Å². The lowest BCUT2D eigenvalue weighted by molar-refractivity contribution is 0.147. The van der Waals surface area contributed by atoms with Crippen LogP contribution in [0.5, 0.6) is 0 Å². The zero-order chi connectivity index (χ0) is 12.9. The zero-order valence-corrected chi connectivity index (χ0v) is 11.5. The van der Waals surface area contributed by atoms with Crippen LogP contribution < -0.4 is 11.1 Å². The third kappa shape index (κ3) is 4.14. The van der Waals surface area contributed by atoms with E-state index in [4.69, 9.17) is 10.5 Å². The van der Waals surface area contributed by atoms with E-state index in [9.17, 15) is 8.42 Å². The van der Waals surface area contributed by atoms with Crippen molar-refractivity contribution in [1.82, 2.24) is 4.37 Å². The SMILES string of the molecule is CCOCCCNc1snc(N)c1S(C)(=O)=O. The number of nitrogens with one attached hydrogen (secondary N) is 1. The number of hydrogen-bond acceptors (Lipinski definition) is 7. The van der Waals surface area contributed by atoms with Crippen molar-refractivity contribution in [2.45, 2.75) is 18.2 Å². The molecule has 1 aromatic rings. The number of anilines is 2. The topological polar surface area (TPSA) is 94.3 Å². The Labute approximate surface area is 105 Å². The van der Waals surface area contributed by atoms with Crippen molar-refractivity contribution in [2.24, 2.45) is 0 Å². The van der Waals surface area contributed by atoms with Gasteiger partial charge >= 0.3 is 0 Å². The summed E-state index contributed by atoms with van der Waals surface area (Å²) in [5.41, 5.74) is 5.53. The number of hydrogen-bond donors (Lipinski definition) is 2. The van der Waals surface area contributed by atoms with E-state index in [1.165, 1.54) is 0 Å². The molecule has 17 heavy (non-hydrogen) atoms. The summed E-state index contributed by atoms with van der Waals surface area (Å²) in [4.78, 5) is 0.0962. The first kappa shape index (κ1) is 14.2. The molecular weight excluding hydrogens is 262 g/mol. The molecule has 1 heterocycles. The summed E-state index contributed by atoms with van der Waals surface area (Å²) in [6, 6.07) is 0. The summed E-state index contributed by atoms with van der Waals surface area (Å²) >= 11 is 1.06. The molecule has 1 aromatic heterocycles. The highest BCUT2D eigenvalue weighted by Crippen LogP contribution is 2.30. The van der Waals surface area contributed by atoms with Crippen LogP contribution in [0.25, 0.3) is 0 Å². The van der Waals surface area contributed by atoms with E-state index in [-0.39, 0.29) is 10.7 Å². The minimum Gasteiger partial charge on any atom is -0.382 e. The summed E-state index contributed by atoms with van der Waals surface area (Å²) in [7, 11) is -3.34. The normalized spacial score (nSPS) is 11.6. The van der Waals surface area contributed by atoms with Crippen LogP contribution in [0.2, 0.25) is 0 Å². The Morgan fingerprint density at radius 3 is 2.82 bits per heavy atom. The second kappa shape index (κ2) is 6.18. The van der Waals surface area contributed by atoms with Gasteiger partial charge in [0.2, 0.25) is 0 Å². The Morgan fingerprint density at radius 1 is 1.53 bits per heavy atom. The van der Waals surface area contributed by atoms with Crippen molar-refractivity contribution in [1.29, 1.82) is 0 Å². The Balaban J connectivity index is 2.60. The van der Waals surface area contributed by atoms with E-state index in [0.717, 1.165) is 24.2 Å². The molecule has 0 aliphatic rings. The number of rotatable bonds is 7. The van der Waals surface area contributed by atoms with Gasteiger partial charge in [-0.25, -0.2) is 8.42 Å². The quantitative estimate of drug-likeness (QED) is 0.722. The van der Waals surface area contributed by atoms with E-state index >= 15 is 0 Å². The Bertz CT molecular complexity index is 456. The van der Waals surface area contributed by atoms with Crippen molar-refractivity contribution in [2.75, 3.05) is 37.1 Å². The summed E-state index contributed by atoms with van der Waals surface area (Å²) in [5, 5.41) is 3.52. The first-order valence-corrected chi connectivity index (χ1v) is 7.90. The third-order valence-corrected chi connectivity index (χ3v) is 4.10. The molecule has 0 amide bonds. The van der Waals surface area contributed by atoms with Gasteiger partial charge in [-0.15, -0.1) is 0 Å². The van der Waals surface area contributed by atoms with E-state index < -0.39 is 9.84 Å². The number of nitrogens with zero attached hydrogens (tertiary/aromatic N) is 1. The average molecular weight is 279 g/mol. The molecule has 98 valence electrons. The van der Waals surface area contributed by atoms with Crippen LogP contribution in [0.4, 0.5) is 10.8 Å². The maximum absolute atomic E-state index is 11.5. The van der Waals surface area contributed by atoms with Crippen molar-refractivity contribution >= 4 is 32.2 Å². The largest absolute Gasteiger partial charge is 0.382 e. The summed E-state index contributed by atoms with van der Waals surface area (Å²) in [6.45, 7) is 3.89. The molecule has 6 nitrogen and oxygen atoms in total. The van der Waals surface area contributed by atoms with E-state index in [1.54, 1.807) is 0 Å². The molecule has 0 saturated heterocycles. The van der Waals surface area contributed by atoms with Gasteiger partial charge in [0, 0.05) is 26.0 Å². The number of nitrogens with two attached hydrogens (primary N) is 1. The molecule has 1 rings (SSSR count). The molecule has 0 aromatic carbocycles. The molecule has 0 aliphatic carbocycles. The summed E-state index contributed by atoms with van der Waals surface area (Å²) in [5.74, 6) is 0.0600. The van der Waals surface area contributed by atoms with Crippen LogP contribution in [0.3, 0.4) is 0 Å². The van der Waals surface area contributed by atoms with Crippen molar-refractivity contribution in [3.63, 3.8) is 0 Å². The molecule has 0 unspecified atom stereocenters. The first-order chi connectivity index (χ1) is 7.96. The van der Waals surface area contributed by atoms with Gasteiger partial charge < -0.3 is 15.8 Å². The third-order valence-electron chi connectivity index (χ3n) is 2.00. The fraction of sp³-hybridized carbons (Fsp3) is 0.667. The van der Waals surface area contributed by atoms with Gasteiger partial charge in [-0.1, -0.05) is 0 Å². The van der Waals surface area contributed by atoms with Crippen molar-refractivity contribution in [3.05, 3.63) is 0 Å². The monoisotopic (exact) mass is 279 g/mol. The van der Waals surface area contributed by atoms with Crippen LogP contribution in [0.15, 0.2) is 4.90 Å². The number of sulfone groups is 1. The molecule has 0 saturated carbocycles. The number of aromatic nitrogens is 1. The van der Waals surface area contributed by atoms with Crippen molar-refractivity contribution in [3.8, 4) is 0 Å². The Morgan fingerprint density at radius 2 is 2.24 bits per heavy atom. The predicted octanol–water partition coefficient (Wildman–Crippen LogP) is 0.967. The maximum atomic E-state index is 11.5. The smallest absolute Gasteiger partial charge is 0.182 e. The van der Waals surface area contributed by atoms with Gasteiger partial charge in [-0.2, -0.15) is 4.37 Å². The highest BCUT2D eigenvalue weighted by molar-refractivity contribution is 7.91. The molecule has 0 radical (unpaired) electrons. The van der Waals surface area contributed by atoms with E-state index in [0.29, 0.717) is 24.8 Å². The fourth-order valence-corrected chi connectivity index (χ4v) is 3.38. The molecule has 0 fully saturated rings. The van der Waals surface area contributed by atoms with Crippen LogP contribution in [0.1, 0.15) is 13.3 Å². The average Bonchev–Trinajstić information content (AvgIpc) is 2.59. The van der Waals surface area contributed by atoms with Crippen LogP contribution in [-0.2, 0) is 14.6 Å². The van der Waals surface area contributed by atoms with E-state index in [1.807, 2.05) is 6.92 Å². The Kier molecular flexibility index (Phi) is 5.16. The summed E-state index contributed by atoms with van der Waals surface area (Å²) < 4.78 is 32.0. The lowest BCUT2D eigenvalue weighted by atomic mass is 10.4. The number of nitrogen functional groups attached to an aromatic ring is 1. The molecular formula is C9H17N3O3S2. The van der Waals surface area contributed by atoms with Gasteiger partial charge in [-0.05, 0) is 24.9 Å². The fourth-order valence-electron chi connectivity index (χ4n) is 1.29. The maximum Gasteiger partial charge on any atom is 0.182 e. The van der Waals surface area contributed by atoms with Gasteiger partial charge in [0.1, 0.15) is 9.90 Å². The first-order valence-electron chi connectivity index (χ1n) is 5.23. The minimum atomic E-state index is -3.34. The highest BCUT2D eigenvalue weighted by atomic mass is 32.2. The number of ether oxygens (including phenoxy) is 1. The summed E-state index contributed by atoms with van der Waals surface area (Å²) in [6.07, 6.45) is 1.92. The Hall–Kier alpha value is -0.860. The lowest BCUT2D eigenvalue weighted by Gasteiger charge is -2.05. The van der Waals surface area contributed by atoms with Crippen LogP contribution in [0, 0.1) is 0 Å².